The molecule has 3 rings (SSSR count). The van der Waals surface area contributed by atoms with Crippen LogP contribution in [0.2, 0.25) is 0 Å². The summed E-state index contributed by atoms with van der Waals surface area (Å²) in [6.07, 6.45) is 0.772. The number of benzene rings is 2. The van der Waals surface area contributed by atoms with E-state index in [-0.39, 0.29) is 23.2 Å². The van der Waals surface area contributed by atoms with E-state index in [1.54, 1.807) is 23.6 Å². The quantitative estimate of drug-likeness (QED) is 0.346. The van der Waals surface area contributed by atoms with Crippen molar-refractivity contribution in [1.29, 1.82) is 0 Å². The van der Waals surface area contributed by atoms with Gasteiger partial charge in [0.25, 0.3) is 5.56 Å². The van der Waals surface area contributed by atoms with E-state index in [9.17, 15) is 14.0 Å². The Morgan fingerprint density at radius 1 is 1.15 bits per heavy atom. The maximum absolute atomic E-state index is 13.1. The zero-order chi connectivity index (χ0) is 19.6. The van der Waals surface area contributed by atoms with Gasteiger partial charge in [-0.05, 0) is 56.7 Å². The van der Waals surface area contributed by atoms with Gasteiger partial charge in [0.15, 0.2) is 10.9 Å². The van der Waals surface area contributed by atoms with Crippen LogP contribution >= 0.6 is 11.8 Å². The number of rotatable bonds is 6. The Balaban J connectivity index is 2.01. The molecule has 140 valence electrons. The second-order valence-electron chi connectivity index (χ2n) is 6.48. The number of nitrogens with zero attached hydrogens (tertiary/aromatic N) is 2. The lowest BCUT2D eigenvalue weighted by Gasteiger charge is -2.20. The number of para-hydroxylation sites is 1. The highest BCUT2D eigenvalue weighted by atomic mass is 32.2. The smallest absolute Gasteiger partial charge is 0.262 e. The summed E-state index contributed by atoms with van der Waals surface area (Å²) in [6, 6.07) is 12.7. The SMILES string of the molecule is CC[C@@H](C)n1c(S[C@H](C)C(=O)c2ccc(F)cc2)nc2ccccc2c1=O. The zero-order valence-corrected chi connectivity index (χ0v) is 16.3. The standard InChI is InChI=1S/C21H21FN2O2S/c1-4-13(2)24-20(26)17-7-5-6-8-18(17)23-21(24)27-14(3)19(25)15-9-11-16(22)12-10-15/h5-14H,4H2,1-3H3/t13-,14-/m1/s1. The van der Waals surface area contributed by atoms with Crippen molar-refractivity contribution in [1.82, 2.24) is 9.55 Å². The van der Waals surface area contributed by atoms with Gasteiger partial charge in [-0.15, -0.1) is 0 Å². The van der Waals surface area contributed by atoms with Gasteiger partial charge in [0.2, 0.25) is 0 Å². The van der Waals surface area contributed by atoms with Crippen molar-refractivity contribution in [2.75, 3.05) is 0 Å². The minimum absolute atomic E-state index is 0.0368. The third-order valence-electron chi connectivity index (χ3n) is 4.59. The van der Waals surface area contributed by atoms with Crippen LogP contribution in [0.4, 0.5) is 4.39 Å². The summed E-state index contributed by atoms with van der Waals surface area (Å²) < 4.78 is 14.8. The molecule has 0 N–H and O–H groups in total. The number of aromatic nitrogens is 2. The maximum Gasteiger partial charge on any atom is 0.262 e. The largest absolute Gasteiger partial charge is 0.293 e. The first kappa shape index (κ1) is 19.3. The third kappa shape index (κ3) is 3.95. The molecule has 0 aliphatic rings. The van der Waals surface area contributed by atoms with Gasteiger partial charge in [-0.3, -0.25) is 14.2 Å². The molecule has 0 bridgehead atoms. The summed E-state index contributed by atoms with van der Waals surface area (Å²) in [5.41, 5.74) is 0.958. The summed E-state index contributed by atoms with van der Waals surface area (Å²) >= 11 is 1.26. The molecule has 2 atom stereocenters. The summed E-state index contributed by atoms with van der Waals surface area (Å²) in [6.45, 7) is 5.75. The Labute approximate surface area is 161 Å². The van der Waals surface area contributed by atoms with Gasteiger partial charge in [-0.1, -0.05) is 30.8 Å². The van der Waals surface area contributed by atoms with Gasteiger partial charge in [-0.2, -0.15) is 0 Å². The number of fused-ring (bicyclic) bond motifs is 1. The number of hydrogen-bond donors (Lipinski definition) is 0. The van der Waals surface area contributed by atoms with E-state index in [1.807, 2.05) is 26.0 Å². The van der Waals surface area contributed by atoms with E-state index in [0.29, 0.717) is 21.6 Å². The van der Waals surface area contributed by atoms with Crippen LogP contribution in [0.25, 0.3) is 10.9 Å². The lowest BCUT2D eigenvalue weighted by Crippen LogP contribution is -2.27. The zero-order valence-electron chi connectivity index (χ0n) is 15.5. The second-order valence-corrected chi connectivity index (χ2v) is 7.78. The van der Waals surface area contributed by atoms with E-state index < -0.39 is 5.25 Å². The number of carbonyl (C=O) groups excluding carboxylic acids is 1. The highest BCUT2D eigenvalue weighted by molar-refractivity contribution is 8.00. The van der Waals surface area contributed by atoms with Crippen LogP contribution < -0.4 is 5.56 Å². The highest BCUT2D eigenvalue weighted by Crippen LogP contribution is 2.27. The monoisotopic (exact) mass is 384 g/mol. The Kier molecular flexibility index (Phi) is 5.75. The molecular weight excluding hydrogens is 363 g/mol. The van der Waals surface area contributed by atoms with Gasteiger partial charge in [-0.25, -0.2) is 9.37 Å². The highest BCUT2D eigenvalue weighted by Gasteiger charge is 2.22. The molecule has 0 aliphatic carbocycles. The predicted molar refractivity (Wildman–Crippen MR) is 107 cm³/mol. The lowest BCUT2D eigenvalue weighted by molar-refractivity contribution is 0.0993. The molecule has 0 unspecified atom stereocenters. The first-order chi connectivity index (χ1) is 12.9. The number of hydrogen-bond acceptors (Lipinski definition) is 4. The van der Waals surface area contributed by atoms with Crippen LogP contribution in [-0.2, 0) is 0 Å². The summed E-state index contributed by atoms with van der Waals surface area (Å²) in [7, 11) is 0. The summed E-state index contributed by atoms with van der Waals surface area (Å²) in [4.78, 5) is 30.3. The Morgan fingerprint density at radius 3 is 2.48 bits per heavy atom. The molecule has 0 radical (unpaired) electrons. The van der Waals surface area contributed by atoms with Crippen molar-refractivity contribution in [3.63, 3.8) is 0 Å². The minimum Gasteiger partial charge on any atom is -0.293 e. The molecule has 0 saturated heterocycles. The Morgan fingerprint density at radius 2 is 1.81 bits per heavy atom. The van der Waals surface area contributed by atoms with Crippen LogP contribution in [0.5, 0.6) is 0 Å². The van der Waals surface area contributed by atoms with Crippen molar-refractivity contribution >= 4 is 28.4 Å². The third-order valence-corrected chi connectivity index (χ3v) is 5.65. The van der Waals surface area contributed by atoms with Crippen LogP contribution in [0, 0.1) is 5.82 Å². The van der Waals surface area contributed by atoms with Gasteiger partial charge in [0.05, 0.1) is 16.2 Å². The number of ketones is 1. The maximum atomic E-state index is 13.1. The molecule has 27 heavy (non-hydrogen) atoms. The number of carbonyl (C=O) groups is 1. The Hall–Kier alpha value is -2.47. The van der Waals surface area contributed by atoms with Crippen LogP contribution in [-0.4, -0.2) is 20.6 Å². The Bertz CT molecular complexity index is 1030. The van der Waals surface area contributed by atoms with Crippen LogP contribution in [0.3, 0.4) is 0 Å². The molecule has 1 heterocycles. The number of halogens is 1. The van der Waals surface area contributed by atoms with Gasteiger partial charge in [0, 0.05) is 11.6 Å². The first-order valence-corrected chi connectivity index (χ1v) is 9.78. The lowest BCUT2D eigenvalue weighted by atomic mass is 10.1. The van der Waals surface area contributed by atoms with E-state index in [1.165, 1.54) is 36.0 Å². The van der Waals surface area contributed by atoms with Gasteiger partial charge < -0.3 is 0 Å². The topological polar surface area (TPSA) is 52.0 Å². The van der Waals surface area contributed by atoms with Crippen molar-refractivity contribution in [2.45, 2.75) is 43.6 Å². The molecule has 0 amide bonds. The molecule has 3 aromatic rings. The fourth-order valence-electron chi connectivity index (χ4n) is 2.84. The van der Waals surface area contributed by atoms with Crippen LogP contribution in [0.15, 0.2) is 58.5 Å². The summed E-state index contributed by atoms with van der Waals surface area (Å²) in [5.74, 6) is -0.508. The van der Waals surface area contributed by atoms with Gasteiger partial charge in [0.1, 0.15) is 5.82 Å². The van der Waals surface area contributed by atoms with Gasteiger partial charge >= 0.3 is 0 Å². The van der Waals surface area contributed by atoms with Crippen molar-refractivity contribution in [3.8, 4) is 0 Å². The van der Waals surface area contributed by atoms with E-state index in [0.717, 1.165) is 6.42 Å². The minimum atomic E-state index is -0.459. The normalized spacial score (nSPS) is 13.5. The molecule has 0 fully saturated rings. The number of thioether (sulfide) groups is 1. The van der Waals surface area contributed by atoms with Crippen molar-refractivity contribution in [3.05, 3.63) is 70.3 Å². The van der Waals surface area contributed by atoms with E-state index in [2.05, 4.69) is 4.98 Å². The molecule has 6 heteroatoms. The summed E-state index contributed by atoms with van der Waals surface area (Å²) in [5, 5.41) is 0.634. The van der Waals surface area contributed by atoms with E-state index >= 15 is 0 Å². The second kappa shape index (κ2) is 8.05. The fourth-order valence-corrected chi connectivity index (χ4v) is 3.93. The molecular formula is C21H21FN2O2S. The fraction of sp³-hybridized carbons (Fsp3) is 0.286. The van der Waals surface area contributed by atoms with Crippen molar-refractivity contribution < 1.29 is 9.18 Å². The average Bonchev–Trinajstić information content (AvgIpc) is 2.67. The molecule has 4 nitrogen and oxygen atoms in total. The average molecular weight is 384 g/mol. The number of Topliss-reactive ketones (excluding diaryl/α,β-unsaturated/α-hetero) is 1. The molecule has 0 saturated carbocycles. The first-order valence-electron chi connectivity index (χ1n) is 8.90. The molecule has 0 aliphatic heterocycles. The molecule has 1 aromatic heterocycles. The molecule has 2 aromatic carbocycles. The predicted octanol–water partition coefficient (Wildman–Crippen LogP) is 4.87. The van der Waals surface area contributed by atoms with E-state index in [4.69, 9.17) is 0 Å². The van der Waals surface area contributed by atoms with Crippen LogP contribution in [0.1, 0.15) is 43.6 Å². The molecule has 0 spiro atoms. The van der Waals surface area contributed by atoms with Crippen molar-refractivity contribution in [2.24, 2.45) is 0 Å².